The number of anilines is 1. The average Bonchev–Trinajstić information content (AvgIpc) is 2.38. The summed E-state index contributed by atoms with van der Waals surface area (Å²) in [5.74, 6) is 0.754. The average molecular weight is 331 g/mol. The Kier molecular flexibility index (Phi) is 6.11. The van der Waals surface area contributed by atoms with E-state index in [1.54, 1.807) is 25.3 Å². The standard InChI is InChI=1S/C13H19BrN2O3/c1-8(2)12(17)7-15-13(18)16-11-6-9(19-3)4-5-10(11)14/h4-6,8,12,17H,7H2,1-3H3,(H2,15,16,18)/t12-/m0/s1. The highest BCUT2D eigenvalue weighted by molar-refractivity contribution is 9.10. The maximum atomic E-state index is 11.7. The van der Waals surface area contributed by atoms with Gasteiger partial charge in [-0.25, -0.2) is 4.79 Å². The molecule has 0 bridgehead atoms. The highest BCUT2D eigenvalue weighted by Gasteiger charge is 2.11. The summed E-state index contributed by atoms with van der Waals surface area (Å²) < 4.78 is 5.85. The number of hydrogen-bond donors (Lipinski definition) is 3. The molecule has 1 aromatic carbocycles. The second kappa shape index (κ2) is 7.35. The zero-order valence-corrected chi connectivity index (χ0v) is 12.8. The van der Waals surface area contributed by atoms with Crippen molar-refractivity contribution in [2.24, 2.45) is 5.92 Å². The molecule has 0 aliphatic carbocycles. The van der Waals surface area contributed by atoms with Gasteiger partial charge in [0.1, 0.15) is 5.75 Å². The molecule has 0 aromatic heterocycles. The van der Waals surface area contributed by atoms with Gasteiger partial charge in [-0.1, -0.05) is 13.8 Å². The lowest BCUT2D eigenvalue weighted by Crippen LogP contribution is -2.37. The maximum Gasteiger partial charge on any atom is 0.319 e. The van der Waals surface area contributed by atoms with Crippen molar-refractivity contribution < 1.29 is 14.6 Å². The number of amides is 2. The highest BCUT2D eigenvalue weighted by Crippen LogP contribution is 2.26. The van der Waals surface area contributed by atoms with E-state index in [1.165, 1.54) is 0 Å². The number of carbonyl (C=O) groups excluding carboxylic acids is 1. The number of benzene rings is 1. The van der Waals surface area contributed by atoms with Crippen molar-refractivity contribution in [3.8, 4) is 5.75 Å². The number of nitrogens with one attached hydrogen (secondary N) is 2. The van der Waals surface area contributed by atoms with Crippen LogP contribution >= 0.6 is 15.9 Å². The van der Waals surface area contributed by atoms with Gasteiger partial charge in [0, 0.05) is 17.1 Å². The second-order valence-electron chi connectivity index (χ2n) is 4.49. The molecule has 0 aliphatic heterocycles. The number of ether oxygens (including phenoxy) is 1. The Labute approximate surface area is 121 Å². The summed E-state index contributed by atoms with van der Waals surface area (Å²) in [6.07, 6.45) is -0.556. The Morgan fingerprint density at radius 2 is 2.16 bits per heavy atom. The van der Waals surface area contributed by atoms with Crippen molar-refractivity contribution >= 4 is 27.6 Å². The molecule has 106 valence electrons. The van der Waals surface area contributed by atoms with Crippen LogP contribution in [0.2, 0.25) is 0 Å². The fourth-order valence-corrected chi connectivity index (χ4v) is 1.67. The van der Waals surface area contributed by atoms with Crippen molar-refractivity contribution in [1.29, 1.82) is 0 Å². The minimum absolute atomic E-state index is 0.101. The van der Waals surface area contributed by atoms with Crippen molar-refractivity contribution in [1.82, 2.24) is 5.32 Å². The third kappa shape index (κ3) is 5.08. The molecule has 1 aromatic rings. The van der Waals surface area contributed by atoms with Gasteiger partial charge in [-0.15, -0.1) is 0 Å². The van der Waals surface area contributed by atoms with Crippen molar-refractivity contribution in [3.63, 3.8) is 0 Å². The number of methoxy groups -OCH3 is 1. The summed E-state index contributed by atoms with van der Waals surface area (Å²) in [5, 5.41) is 14.9. The Balaban J connectivity index is 2.57. The number of rotatable bonds is 5. The van der Waals surface area contributed by atoms with Crippen molar-refractivity contribution in [2.45, 2.75) is 20.0 Å². The zero-order valence-electron chi connectivity index (χ0n) is 11.2. The Bertz CT molecular complexity index is 438. The molecule has 2 amide bonds. The van der Waals surface area contributed by atoms with Crippen LogP contribution in [0.15, 0.2) is 22.7 Å². The van der Waals surface area contributed by atoms with Crippen LogP contribution in [0.25, 0.3) is 0 Å². The molecule has 1 rings (SSSR count). The topological polar surface area (TPSA) is 70.6 Å². The van der Waals surface area contributed by atoms with Crippen LogP contribution in [-0.2, 0) is 0 Å². The lowest BCUT2D eigenvalue weighted by Gasteiger charge is -2.16. The van der Waals surface area contributed by atoms with Crippen LogP contribution in [-0.4, -0.2) is 30.9 Å². The summed E-state index contributed by atoms with van der Waals surface area (Å²) in [6, 6.07) is 4.92. The Hall–Kier alpha value is -1.27. The lowest BCUT2D eigenvalue weighted by molar-refractivity contribution is 0.126. The first-order chi connectivity index (χ1) is 8.93. The monoisotopic (exact) mass is 330 g/mol. The van der Waals surface area contributed by atoms with E-state index < -0.39 is 6.10 Å². The van der Waals surface area contributed by atoms with E-state index >= 15 is 0 Å². The summed E-state index contributed by atoms with van der Waals surface area (Å²) in [6.45, 7) is 4.00. The van der Waals surface area contributed by atoms with Gasteiger partial charge in [-0.3, -0.25) is 0 Å². The van der Waals surface area contributed by atoms with Gasteiger partial charge in [-0.05, 0) is 34.0 Å². The third-order valence-electron chi connectivity index (χ3n) is 2.66. The van der Waals surface area contributed by atoms with Gasteiger partial charge < -0.3 is 20.5 Å². The molecular weight excluding hydrogens is 312 g/mol. The van der Waals surface area contributed by atoms with Crippen LogP contribution in [0.3, 0.4) is 0 Å². The van der Waals surface area contributed by atoms with E-state index in [0.29, 0.717) is 11.4 Å². The molecule has 0 unspecified atom stereocenters. The largest absolute Gasteiger partial charge is 0.497 e. The van der Waals surface area contributed by atoms with Gasteiger partial charge in [0.2, 0.25) is 0 Å². The van der Waals surface area contributed by atoms with Gasteiger partial charge in [0.15, 0.2) is 0 Å². The van der Waals surface area contributed by atoms with Gasteiger partial charge in [0.05, 0.1) is 18.9 Å². The number of aliphatic hydroxyl groups is 1. The molecule has 5 nitrogen and oxygen atoms in total. The smallest absolute Gasteiger partial charge is 0.319 e. The van der Waals surface area contributed by atoms with E-state index in [1.807, 2.05) is 13.8 Å². The highest BCUT2D eigenvalue weighted by atomic mass is 79.9. The second-order valence-corrected chi connectivity index (χ2v) is 5.35. The summed E-state index contributed by atoms with van der Waals surface area (Å²) >= 11 is 3.34. The molecule has 1 atom stereocenters. The van der Waals surface area contributed by atoms with Crippen LogP contribution in [0.5, 0.6) is 5.75 Å². The third-order valence-corrected chi connectivity index (χ3v) is 3.35. The molecule has 0 aliphatic rings. The predicted molar refractivity (Wildman–Crippen MR) is 78.6 cm³/mol. The quantitative estimate of drug-likeness (QED) is 0.777. The summed E-state index contributed by atoms with van der Waals surface area (Å²) in [4.78, 5) is 11.7. The minimum atomic E-state index is -0.556. The maximum absolute atomic E-state index is 11.7. The summed E-state index contributed by atoms with van der Waals surface area (Å²) in [5.41, 5.74) is 0.607. The Morgan fingerprint density at radius 1 is 1.47 bits per heavy atom. The first kappa shape index (κ1) is 15.8. The predicted octanol–water partition coefficient (Wildman–Crippen LogP) is 2.60. The molecule has 0 radical (unpaired) electrons. The number of aliphatic hydroxyl groups excluding tert-OH is 1. The van der Waals surface area contributed by atoms with Crippen molar-refractivity contribution in [3.05, 3.63) is 22.7 Å². The van der Waals surface area contributed by atoms with Crippen LogP contribution in [0.1, 0.15) is 13.8 Å². The molecule has 0 saturated carbocycles. The van der Waals surface area contributed by atoms with Gasteiger partial charge >= 0.3 is 6.03 Å². The molecule has 0 fully saturated rings. The molecule has 6 heteroatoms. The first-order valence-corrected chi connectivity index (χ1v) is 6.79. The van der Waals surface area contributed by atoms with Crippen molar-refractivity contribution in [2.75, 3.05) is 19.0 Å². The van der Waals surface area contributed by atoms with Crippen LogP contribution in [0.4, 0.5) is 10.5 Å². The molecule has 19 heavy (non-hydrogen) atoms. The molecule has 0 saturated heterocycles. The molecule has 0 spiro atoms. The zero-order chi connectivity index (χ0) is 14.4. The first-order valence-electron chi connectivity index (χ1n) is 6.00. The number of urea groups is 1. The van der Waals surface area contributed by atoms with E-state index in [0.717, 1.165) is 4.47 Å². The fraction of sp³-hybridized carbons (Fsp3) is 0.462. The van der Waals surface area contributed by atoms with E-state index in [2.05, 4.69) is 26.6 Å². The minimum Gasteiger partial charge on any atom is -0.497 e. The molecular formula is C13H19BrN2O3. The normalized spacial score (nSPS) is 12.1. The van der Waals surface area contributed by atoms with E-state index in [9.17, 15) is 9.90 Å². The van der Waals surface area contributed by atoms with E-state index in [-0.39, 0.29) is 18.5 Å². The fourth-order valence-electron chi connectivity index (χ4n) is 1.33. The lowest BCUT2D eigenvalue weighted by atomic mass is 10.1. The molecule has 3 N–H and O–H groups in total. The van der Waals surface area contributed by atoms with Crippen LogP contribution < -0.4 is 15.4 Å². The Morgan fingerprint density at radius 3 is 2.74 bits per heavy atom. The number of halogens is 1. The summed E-state index contributed by atoms with van der Waals surface area (Å²) in [7, 11) is 1.56. The number of hydrogen-bond acceptors (Lipinski definition) is 3. The SMILES string of the molecule is COc1ccc(Br)c(NC(=O)NC[C@H](O)C(C)C)c1. The van der Waals surface area contributed by atoms with Gasteiger partial charge in [-0.2, -0.15) is 0 Å². The van der Waals surface area contributed by atoms with Gasteiger partial charge in [0.25, 0.3) is 0 Å². The van der Waals surface area contributed by atoms with Crippen LogP contribution in [0, 0.1) is 5.92 Å². The molecule has 0 heterocycles. The van der Waals surface area contributed by atoms with E-state index in [4.69, 9.17) is 4.74 Å². The number of carbonyl (C=O) groups is 1.